The monoisotopic (exact) mass is 151 g/mol. The molecule has 3 atom stereocenters. The van der Waals surface area contributed by atoms with Crippen molar-refractivity contribution in [3.63, 3.8) is 0 Å². The fourth-order valence-electron chi connectivity index (χ4n) is 2.62. The molecule has 2 bridgehead atoms. The summed E-state index contributed by atoms with van der Waals surface area (Å²) in [6.45, 7) is 0.904. The highest BCUT2D eigenvalue weighted by molar-refractivity contribution is 5.00. The molecule has 0 radical (unpaired) electrons. The molecule has 1 heteroatoms. The van der Waals surface area contributed by atoms with Crippen LogP contribution in [0.5, 0.6) is 0 Å². The molecule has 0 aromatic carbocycles. The molecule has 0 amide bonds. The van der Waals surface area contributed by atoms with Crippen LogP contribution >= 0.6 is 0 Å². The molecule has 0 aliphatic heterocycles. The molecule has 0 heterocycles. The normalized spacial score (nSPS) is 42.5. The Hall–Kier alpha value is -0.300. The molecule has 1 fully saturated rings. The van der Waals surface area contributed by atoms with Crippen LogP contribution < -0.4 is 5.73 Å². The topological polar surface area (TPSA) is 26.0 Å². The molecule has 2 N–H and O–H groups in total. The van der Waals surface area contributed by atoms with Crippen molar-refractivity contribution >= 4 is 0 Å². The molecular formula is C10H17N. The lowest BCUT2D eigenvalue weighted by atomic mass is 9.71. The van der Waals surface area contributed by atoms with E-state index in [4.69, 9.17) is 5.73 Å². The van der Waals surface area contributed by atoms with Gasteiger partial charge in [-0.3, -0.25) is 0 Å². The average Bonchev–Trinajstić information content (AvgIpc) is 2.03. The lowest BCUT2D eigenvalue weighted by Crippen LogP contribution is -2.28. The van der Waals surface area contributed by atoms with Crippen LogP contribution in [0.4, 0.5) is 0 Å². The van der Waals surface area contributed by atoms with Crippen molar-refractivity contribution in [2.24, 2.45) is 23.5 Å². The van der Waals surface area contributed by atoms with E-state index in [9.17, 15) is 0 Å². The Labute approximate surface area is 68.7 Å². The molecule has 0 spiro atoms. The van der Waals surface area contributed by atoms with Crippen molar-refractivity contribution in [1.29, 1.82) is 0 Å². The maximum atomic E-state index is 5.68. The van der Waals surface area contributed by atoms with Crippen molar-refractivity contribution in [3.8, 4) is 0 Å². The minimum atomic E-state index is 0.823. The molecule has 0 saturated heterocycles. The summed E-state index contributed by atoms with van der Waals surface area (Å²) in [5.74, 6) is 2.66. The minimum Gasteiger partial charge on any atom is -0.330 e. The van der Waals surface area contributed by atoms with E-state index in [1.165, 1.54) is 25.7 Å². The van der Waals surface area contributed by atoms with Crippen LogP contribution in [0, 0.1) is 17.8 Å². The van der Waals surface area contributed by atoms with Crippen LogP contribution in [0.2, 0.25) is 0 Å². The van der Waals surface area contributed by atoms with Gasteiger partial charge >= 0.3 is 0 Å². The fraction of sp³-hybridized carbons (Fsp3) is 0.800. The first kappa shape index (κ1) is 7.35. The molecular weight excluding hydrogens is 134 g/mol. The van der Waals surface area contributed by atoms with Gasteiger partial charge in [0.2, 0.25) is 0 Å². The van der Waals surface area contributed by atoms with Gasteiger partial charge in [0.25, 0.3) is 0 Å². The number of allylic oxidation sites excluding steroid dienone is 2. The summed E-state index contributed by atoms with van der Waals surface area (Å²) in [6.07, 6.45) is 10.3. The van der Waals surface area contributed by atoms with E-state index in [2.05, 4.69) is 12.2 Å². The molecule has 0 aromatic heterocycles. The van der Waals surface area contributed by atoms with Gasteiger partial charge in [-0.05, 0) is 50.0 Å². The standard InChI is InChI=1S/C10H17N/c11-7-10-5-8-2-1-3-9(4-8)6-10/h1-2,8-10H,3-7,11H2. The average molecular weight is 151 g/mol. The van der Waals surface area contributed by atoms with E-state index in [0.29, 0.717) is 0 Å². The second-order valence-electron chi connectivity index (χ2n) is 4.10. The van der Waals surface area contributed by atoms with Crippen molar-refractivity contribution in [1.82, 2.24) is 0 Å². The van der Waals surface area contributed by atoms with Gasteiger partial charge in [0.1, 0.15) is 0 Å². The molecule has 1 saturated carbocycles. The minimum absolute atomic E-state index is 0.823. The van der Waals surface area contributed by atoms with E-state index >= 15 is 0 Å². The van der Waals surface area contributed by atoms with E-state index in [0.717, 1.165) is 24.3 Å². The van der Waals surface area contributed by atoms with Crippen LogP contribution in [0.1, 0.15) is 25.7 Å². The number of rotatable bonds is 1. The van der Waals surface area contributed by atoms with Crippen molar-refractivity contribution < 1.29 is 0 Å². The Morgan fingerprint density at radius 1 is 1.27 bits per heavy atom. The third-order valence-electron chi connectivity index (χ3n) is 3.15. The lowest BCUT2D eigenvalue weighted by molar-refractivity contribution is 0.218. The second kappa shape index (κ2) is 2.98. The van der Waals surface area contributed by atoms with Crippen molar-refractivity contribution in [2.75, 3.05) is 6.54 Å². The highest BCUT2D eigenvalue weighted by Crippen LogP contribution is 2.38. The summed E-state index contributed by atoms with van der Waals surface area (Å²) in [4.78, 5) is 0. The number of nitrogens with two attached hydrogens (primary N) is 1. The SMILES string of the molecule is NCC1CC2C=CCC(C2)C1. The summed E-state index contributed by atoms with van der Waals surface area (Å²) < 4.78 is 0. The zero-order chi connectivity index (χ0) is 7.68. The van der Waals surface area contributed by atoms with Gasteiger partial charge in [0.15, 0.2) is 0 Å². The summed E-state index contributed by atoms with van der Waals surface area (Å²) >= 11 is 0. The van der Waals surface area contributed by atoms with Gasteiger partial charge in [-0.15, -0.1) is 0 Å². The molecule has 2 rings (SSSR count). The largest absolute Gasteiger partial charge is 0.330 e. The Bertz CT molecular complexity index is 162. The zero-order valence-electron chi connectivity index (χ0n) is 7.00. The second-order valence-corrected chi connectivity index (χ2v) is 4.10. The molecule has 3 unspecified atom stereocenters. The first-order chi connectivity index (χ1) is 5.38. The number of hydrogen-bond acceptors (Lipinski definition) is 1. The van der Waals surface area contributed by atoms with E-state index in [-0.39, 0.29) is 0 Å². The van der Waals surface area contributed by atoms with Gasteiger partial charge in [0.05, 0.1) is 0 Å². The lowest BCUT2D eigenvalue weighted by Gasteiger charge is -2.35. The first-order valence-corrected chi connectivity index (χ1v) is 4.75. The molecule has 11 heavy (non-hydrogen) atoms. The number of fused-ring (bicyclic) bond motifs is 2. The smallest absolute Gasteiger partial charge is 0.00485 e. The van der Waals surface area contributed by atoms with Crippen molar-refractivity contribution in [2.45, 2.75) is 25.7 Å². The van der Waals surface area contributed by atoms with E-state index < -0.39 is 0 Å². The fourth-order valence-corrected chi connectivity index (χ4v) is 2.62. The highest BCUT2D eigenvalue weighted by atomic mass is 14.6. The quantitative estimate of drug-likeness (QED) is 0.569. The van der Waals surface area contributed by atoms with Crippen LogP contribution in [0.25, 0.3) is 0 Å². The maximum absolute atomic E-state index is 5.68. The van der Waals surface area contributed by atoms with Crippen LogP contribution in [-0.2, 0) is 0 Å². The first-order valence-electron chi connectivity index (χ1n) is 4.75. The van der Waals surface area contributed by atoms with E-state index in [1.54, 1.807) is 0 Å². The number of hydrogen-bond donors (Lipinski definition) is 1. The van der Waals surface area contributed by atoms with Crippen LogP contribution in [0.15, 0.2) is 12.2 Å². The predicted octanol–water partition coefficient (Wildman–Crippen LogP) is 1.94. The third-order valence-corrected chi connectivity index (χ3v) is 3.15. The zero-order valence-corrected chi connectivity index (χ0v) is 7.00. The van der Waals surface area contributed by atoms with E-state index in [1.807, 2.05) is 0 Å². The molecule has 2 aliphatic rings. The summed E-state index contributed by atoms with van der Waals surface area (Å²) in [5, 5.41) is 0. The Morgan fingerprint density at radius 3 is 2.91 bits per heavy atom. The van der Waals surface area contributed by atoms with Gasteiger partial charge < -0.3 is 5.73 Å². The molecule has 2 aliphatic carbocycles. The van der Waals surface area contributed by atoms with Gasteiger partial charge in [0, 0.05) is 0 Å². The Morgan fingerprint density at radius 2 is 2.18 bits per heavy atom. The van der Waals surface area contributed by atoms with Gasteiger partial charge in [-0.25, -0.2) is 0 Å². The van der Waals surface area contributed by atoms with Gasteiger partial charge in [-0.2, -0.15) is 0 Å². The maximum Gasteiger partial charge on any atom is -0.00485 e. The van der Waals surface area contributed by atoms with Crippen LogP contribution in [0.3, 0.4) is 0 Å². The summed E-state index contributed by atoms with van der Waals surface area (Å²) in [7, 11) is 0. The van der Waals surface area contributed by atoms with Crippen LogP contribution in [-0.4, -0.2) is 6.54 Å². The molecule has 1 nitrogen and oxygen atoms in total. The Balaban J connectivity index is 2.02. The third kappa shape index (κ3) is 1.48. The highest BCUT2D eigenvalue weighted by Gasteiger charge is 2.28. The van der Waals surface area contributed by atoms with Crippen molar-refractivity contribution in [3.05, 3.63) is 12.2 Å². The summed E-state index contributed by atoms with van der Waals surface area (Å²) in [5.41, 5.74) is 5.68. The predicted molar refractivity (Wildman–Crippen MR) is 47.1 cm³/mol. The molecule has 0 aromatic rings. The molecule has 62 valence electrons. The Kier molecular flexibility index (Phi) is 1.99. The van der Waals surface area contributed by atoms with Gasteiger partial charge in [-0.1, -0.05) is 12.2 Å². The summed E-state index contributed by atoms with van der Waals surface area (Å²) in [6, 6.07) is 0.